The molecule has 0 aliphatic rings. The van der Waals surface area contributed by atoms with Gasteiger partial charge in [-0.3, -0.25) is 0 Å². The Morgan fingerprint density at radius 3 is 2.77 bits per heavy atom. The van der Waals surface area contributed by atoms with E-state index in [0.717, 1.165) is 11.0 Å². The molecule has 1 aromatic carbocycles. The Balaban J connectivity index is 2.70. The first-order chi connectivity index (χ1) is 6.09. The van der Waals surface area contributed by atoms with Gasteiger partial charge in [0.05, 0.1) is 0 Å². The van der Waals surface area contributed by atoms with Crippen molar-refractivity contribution in [1.29, 1.82) is 0 Å². The number of rotatable bonds is 3. The summed E-state index contributed by atoms with van der Waals surface area (Å²) in [5.41, 5.74) is 1.35. The fraction of sp³-hybridized carbons (Fsp3) is 0.400. The van der Waals surface area contributed by atoms with Crippen LogP contribution in [0.1, 0.15) is 19.4 Å². The summed E-state index contributed by atoms with van der Waals surface area (Å²) in [6.45, 7) is 5.26. The molecule has 0 saturated carbocycles. The van der Waals surface area contributed by atoms with Crippen LogP contribution in [-0.4, -0.2) is 6.04 Å². The van der Waals surface area contributed by atoms with E-state index in [1.165, 1.54) is 9.13 Å². The van der Waals surface area contributed by atoms with Gasteiger partial charge in [0.15, 0.2) is 0 Å². The lowest BCUT2D eigenvalue weighted by molar-refractivity contribution is 0.587. The average Bonchev–Trinajstić information content (AvgIpc) is 2.06. The number of hydrogen-bond donors (Lipinski definition) is 1. The molecule has 3 heteroatoms. The molecule has 0 bridgehead atoms. The molecule has 0 atom stereocenters. The molecular weight excluding hydrogens is 341 g/mol. The maximum Gasteiger partial charge on any atom is 0.0218 e. The molecule has 72 valence electrons. The van der Waals surface area contributed by atoms with Gasteiger partial charge in [-0.25, -0.2) is 0 Å². The standard InChI is InChI=1S/C10H13BrIN/c1-7(2)13-6-8-5-9(11)3-4-10(8)12/h3-5,7,13H,6H2,1-2H3. The maximum absolute atomic E-state index is 3.47. The molecule has 0 aromatic heterocycles. The summed E-state index contributed by atoms with van der Waals surface area (Å²) in [4.78, 5) is 0. The van der Waals surface area contributed by atoms with Crippen LogP contribution < -0.4 is 5.32 Å². The monoisotopic (exact) mass is 353 g/mol. The van der Waals surface area contributed by atoms with Gasteiger partial charge in [-0.1, -0.05) is 29.8 Å². The average molecular weight is 354 g/mol. The molecule has 0 saturated heterocycles. The summed E-state index contributed by atoms with van der Waals surface area (Å²) in [6.07, 6.45) is 0. The van der Waals surface area contributed by atoms with E-state index in [4.69, 9.17) is 0 Å². The van der Waals surface area contributed by atoms with Gasteiger partial charge in [0.1, 0.15) is 0 Å². The molecule has 0 aliphatic carbocycles. The Labute approximate surface area is 102 Å². The second-order valence-electron chi connectivity index (χ2n) is 3.27. The van der Waals surface area contributed by atoms with E-state index in [9.17, 15) is 0 Å². The molecule has 0 fully saturated rings. The van der Waals surface area contributed by atoms with Crippen LogP contribution in [0.15, 0.2) is 22.7 Å². The first kappa shape index (κ1) is 11.5. The van der Waals surface area contributed by atoms with E-state index in [0.29, 0.717) is 6.04 Å². The van der Waals surface area contributed by atoms with Crippen LogP contribution in [0.25, 0.3) is 0 Å². The van der Waals surface area contributed by atoms with Crippen molar-refractivity contribution in [2.45, 2.75) is 26.4 Å². The molecule has 0 spiro atoms. The van der Waals surface area contributed by atoms with Crippen LogP contribution in [0.3, 0.4) is 0 Å². The second-order valence-corrected chi connectivity index (χ2v) is 5.35. The lowest BCUT2D eigenvalue weighted by Crippen LogP contribution is -2.22. The van der Waals surface area contributed by atoms with Gasteiger partial charge in [0, 0.05) is 20.6 Å². The summed E-state index contributed by atoms with van der Waals surface area (Å²) < 4.78 is 2.46. The molecule has 1 aromatic rings. The molecule has 0 unspecified atom stereocenters. The molecule has 0 heterocycles. The van der Waals surface area contributed by atoms with E-state index in [2.05, 4.69) is 75.9 Å². The van der Waals surface area contributed by atoms with Crippen molar-refractivity contribution in [2.75, 3.05) is 0 Å². The highest BCUT2D eigenvalue weighted by Gasteiger charge is 2.00. The smallest absolute Gasteiger partial charge is 0.0218 e. The Kier molecular flexibility index (Phi) is 4.69. The minimum atomic E-state index is 0.537. The van der Waals surface area contributed by atoms with E-state index >= 15 is 0 Å². The van der Waals surface area contributed by atoms with Crippen LogP contribution in [0.2, 0.25) is 0 Å². The molecule has 1 rings (SSSR count). The van der Waals surface area contributed by atoms with Crippen LogP contribution >= 0.6 is 38.5 Å². The lowest BCUT2D eigenvalue weighted by Gasteiger charge is -2.09. The highest BCUT2D eigenvalue weighted by molar-refractivity contribution is 14.1. The first-order valence-electron chi connectivity index (χ1n) is 4.27. The number of nitrogens with one attached hydrogen (secondary N) is 1. The zero-order valence-corrected chi connectivity index (χ0v) is 11.5. The van der Waals surface area contributed by atoms with Gasteiger partial charge in [-0.15, -0.1) is 0 Å². The molecule has 0 aliphatic heterocycles. The minimum absolute atomic E-state index is 0.537. The van der Waals surface area contributed by atoms with Crippen molar-refractivity contribution >= 4 is 38.5 Å². The van der Waals surface area contributed by atoms with E-state index in [1.807, 2.05) is 0 Å². The summed E-state index contributed by atoms with van der Waals surface area (Å²) in [7, 11) is 0. The van der Waals surface area contributed by atoms with Crippen LogP contribution in [-0.2, 0) is 6.54 Å². The molecule has 0 amide bonds. The second kappa shape index (κ2) is 5.32. The van der Waals surface area contributed by atoms with Gasteiger partial charge in [0.25, 0.3) is 0 Å². The fourth-order valence-corrected chi connectivity index (χ4v) is 1.93. The summed E-state index contributed by atoms with van der Waals surface area (Å²) in [6, 6.07) is 6.90. The molecular formula is C10H13BrIN. The lowest BCUT2D eigenvalue weighted by atomic mass is 10.2. The van der Waals surface area contributed by atoms with Crippen molar-refractivity contribution in [2.24, 2.45) is 0 Å². The first-order valence-corrected chi connectivity index (χ1v) is 6.14. The SMILES string of the molecule is CC(C)NCc1cc(Br)ccc1I. The normalized spacial score (nSPS) is 10.8. The number of hydrogen-bond acceptors (Lipinski definition) is 1. The fourth-order valence-electron chi connectivity index (χ4n) is 0.993. The Morgan fingerprint density at radius 2 is 2.15 bits per heavy atom. The van der Waals surface area contributed by atoms with Gasteiger partial charge in [0.2, 0.25) is 0 Å². The number of benzene rings is 1. The zero-order chi connectivity index (χ0) is 9.84. The minimum Gasteiger partial charge on any atom is -0.310 e. The number of halogens is 2. The van der Waals surface area contributed by atoms with Gasteiger partial charge in [-0.2, -0.15) is 0 Å². The van der Waals surface area contributed by atoms with Gasteiger partial charge >= 0.3 is 0 Å². The predicted octanol–water partition coefficient (Wildman–Crippen LogP) is 3.55. The van der Waals surface area contributed by atoms with Crippen LogP contribution in [0, 0.1) is 3.57 Å². The molecule has 1 nitrogen and oxygen atoms in total. The van der Waals surface area contributed by atoms with E-state index < -0.39 is 0 Å². The van der Waals surface area contributed by atoms with Crippen LogP contribution in [0.5, 0.6) is 0 Å². The van der Waals surface area contributed by atoms with Crippen molar-refractivity contribution in [3.63, 3.8) is 0 Å². The molecule has 13 heavy (non-hydrogen) atoms. The van der Waals surface area contributed by atoms with Crippen LogP contribution in [0.4, 0.5) is 0 Å². The van der Waals surface area contributed by atoms with Crippen molar-refractivity contribution in [3.05, 3.63) is 31.8 Å². The topological polar surface area (TPSA) is 12.0 Å². The summed E-state index contributed by atoms with van der Waals surface area (Å²) in [5, 5.41) is 3.40. The maximum atomic E-state index is 3.47. The van der Waals surface area contributed by atoms with Gasteiger partial charge in [-0.05, 0) is 46.4 Å². The van der Waals surface area contributed by atoms with E-state index in [1.54, 1.807) is 0 Å². The zero-order valence-electron chi connectivity index (χ0n) is 7.77. The summed E-state index contributed by atoms with van der Waals surface area (Å²) in [5.74, 6) is 0. The molecule has 1 N–H and O–H groups in total. The van der Waals surface area contributed by atoms with Crippen molar-refractivity contribution in [1.82, 2.24) is 5.32 Å². The van der Waals surface area contributed by atoms with Crippen molar-refractivity contribution in [3.8, 4) is 0 Å². The van der Waals surface area contributed by atoms with E-state index in [-0.39, 0.29) is 0 Å². The molecule has 0 radical (unpaired) electrons. The summed E-state index contributed by atoms with van der Waals surface area (Å²) >= 11 is 5.84. The van der Waals surface area contributed by atoms with Gasteiger partial charge < -0.3 is 5.32 Å². The predicted molar refractivity (Wildman–Crippen MR) is 68.8 cm³/mol. The Bertz CT molecular complexity index is 286. The highest BCUT2D eigenvalue weighted by Crippen LogP contribution is 2.18. The third-order valence-corrected chi connectivity index (χ3v) is 3.25. The highest BCUT2D eigenvalue weighted by atomic mass is 127. The third-order valence-electron chi connectivity index (χ3n) is 1.71. The third kappa shape index (κ3) is 3.95. The quantitative estimate of drug-likeness (QED) is 0.819. The largest absolute Gasteiger partial charge is 0.310 e. The Hall–Kier alpha value is 0.390. The van der Waals surface area contributed by atoms with Crippen molar-refractivity contribution < 1.29 is 0 Å². The Morgan fingerprint density at radius 1 is 1.46 bits per heavy atom.